The van der Waals surface area contributed by atoms with Crippen LogP contribution in [0.2, 0.25) is 0 Å². The van der Waals surface area contributed by atoms with E-state index in [2.05, 4.69) is 10.1 Å². The van der Waals surface area contributed by atoms with E-state index in [0.29, 0.717) is 11.1 Å². The van der Waals surface area contributed by atoms with E-state index in [1.54, 1.807) is 13.8 Å². The molecule has 4 rings (SSSR count). The summed E-state index contributed by atoms with van der Waals surface area (Å²) in [7, 11) is 0. The Morgan fingerprint density at radius 3 is 2.24 bits per heavy atom. The van der Waals surface area contributed by atoms with Gasteiger partial charge in [0.15, 0.2) is 5.69 Å². The number of aromatic nitrogens is 3. The summed E-state index contributed by atoms with van der Waals surface area (Å²) in [4.78, 5) is 29.2. The Morgan fingerprint density at radius 1 is 1.05 bits per heavy atom. The number of amides is 2. The van der Waals surface area contributed by atoms with Crippen LogP contribution in [0, 0.1) is 17.1 Å². The van der Waals surface area contributed by atoms with Gasteiger partial charge in [0.25, 0.3) is 5.91 Å². The van der Waals surface area contributed by atoms with Crippen molar-refractivity contribution in [2.75, 3.05) is 0 Å². The predicted molar refractivity (Wildman–Crippen MR) is 129 cm³/mol. The molecule has 0 saturated heterocycles. The molecule has 0 bridgehead atoms. The summed E-state index contributed by atoms with van der Waals surface area (Å²) < 4.78 is 58.8. The van der Waals surface area contributed by atoms with Crippen LogP contribution in [-0.4, -0.2) is 26.6 Å². The first-order chi connectivity index (χ1) is 17.8. The molecule has 38 heavy (non-hydrogen) atoms. The van der Waals surface area contributed by atoms with E-state index in [9.17, 15) is 27.2 Å². The Hall–Kier alpha value is -4.79. The van der Waals surface area contributed by atoms with Gasteiger partial charge in [-0.25, -0.2) is 9.37 Å². The molecule has 194 valence electrons. The van der Waals surface area contributed by atoms with E-state index >= 15 is 0 Å². The van der Waals surface area contributed by atoms with Gasteiger partial charge in [0.1, 0.15) is 11.5 Å². The lowest BCUT2D eigenvalue weighted by molar-refractivity contribution is -0.143. The zero-order chi connectivity index (χ0) is 27.9. The average Bonchev–Trinajstić information content (AvgIpc) is 3.22. The molecule has 12 heteroatoms. The Labute approximate surface area is 213 Å². The van der Waals surface area contributed by atoms with Crippen molar-refractivity contribution in [2.24, 2.45) is 11.5 Å². The van der Waals surface area contributed by atoms with Crippen molar-refractivity contribution in [1.29, 1.82) is 5.26 Å². The van der Waals surface area contributed by atoms with Crippen LogP contribution >= 0.6 is 0 Å². The zero-order valence-corrected chi connectivity index (χ0v) is 20.1. The van der Waals surface area contributed by atoms with Gasteiger partial charge in [-0.2, -0.15) is 23.5 Å². The van der Waals surface area contributed by atoms with Crippen molar-refractivity contribution in [3.63, 3.8) is 0 Å². The number of primary amides is 2. The number of hydrogen-bond donors (Lipinski definition) is 2. The number of nitrogens with zero attached hydrogens (tertiary/aromatic N) is 4. The molecule has 0 radical (unpaired) electrons. The minimum absolute atomic E-state index is 0.0541. The lowest BCUT2D eigenvalue weighted by atomic mass is 9.89. The van der Waals surface area contributed by atoms with Crippen LogP contribution in [0.15, 0.2) is 42.5 Å². The molecule has 0 saturated carbocycles. The first kappa shape index (κ1) is 26.3. The highest BCUT2D eigenvalue weighted by Crippen LogP contribution is 2.45. The highest BCUT2D eigenvalue weighted by Gasteiger charge is 2.43. The minimum Gasteiger partial charge on any atom is -0.366 e. The summed E-state index contributed by atoms with van der Waals surface area (Å²) in [6.07, 6.45) is -5.01. The zero-order valence-electron chi connectivity index (χ0n) is 20.1. The van der Waals surface area contributed by atoms with Crippen LogP contribution < -0.4 is 11.5 Å². The normalized spacial score (nSPS) is 11.6. The molecular weight excluding hydrogens is 504 g/mol. The summed E-state index contributed by atoms with van der Waals surface area (Å²) in [5.41, 5.74) is 8.12. The molecule has 8 nitrogen and oxygen atoms in total. The number of carbonyl (C=O) groups excluding carboxylic acids is 2. The number of halogens is 4. The third-order valence-electron chi connectivity index (χ3n) is 5.89. The summed E-state index contributed by atoms with van der Waals surface area (Å²) in [6.45, 7) is 2.84. The van der Waals surface area contributed by atoms with Gasteiger partial charge in [0.2, 0.25) is 5.91 Å². The van der Waals surface area contributed by atoms with Gasteiger partial charge < -0.3 is 11.5 Å². The predicted octanol–water partition coefficient (Wildman–Crippen LogP) is 4.50. The van der Waals surface area contributed by atoms with Crippen molar-refractivity contribution in [3.05, 3.63) is 82.1 Å². The molecule has 0 unspecified atom stereocenters. The summed E-state index contributed by atoms with van der Waals surface area (Å²) >= 11 is 0. The van der Waals surface area contributed by atoms with Crippen molar-refractivity contribution in [3.8, 4) is 17.2 Å². The average molecular weight is 524 g/mol. The molecule has 0 aliphatic rings. The monoisotopic (exact) mass is 524 g/mol. The van der Waals surface area contributed by atoms with E-state index in [0.717, 1.165) is 22.9 Å². The quantitative estimate of drug-likeness (QED) is 0.358. The smallest absolute Gasteiger partial charge is 0.366 e. The van der Waals surface area contributed by atoms with Crippen LogP contribution in [-0.2, 0) is 12.7 Å². The van der Waals surface area contributed by atoms with Crippen LogP contribution in [0.4, 0.5) is 17.6 Å². The molecule has 2 amide bonds. The molecular formula is C26H20F4N6O2. The number of hydrogen-bond acceptors (Lipinski definition) is 5. The minimum atomic E-state index is -5.01. The van der Waals surface area contributed by atoms with E-state index in [-0.39, 0.29) is 23.1 Å². The van der Waals surface area contributed by atoms with Gasteiger partial charge in [-0.05, 0) is 35.7 Å². The number of nitriles is 1. The molecule has 0 aliphatic carbocycles. The molecule has 0 spiro atoms. The molecule has 2 aromatic heterocycles. The van der Waals surface area contributed by atoms with Gasteiger partial charge in [0, 0.05) is 22.6 Å². The number of carbonyl (C=O) groups is 2. The number of rotatable bonds is 6. The van der Waals surface area contributed by atoms with Crippen molar-refractivity contribution in [1.82, 2.24) is 14.8 Å². The van der Waals surface area contributed by atoms with Gasteiger partial charge >= 0.3 is 6.18 Å². The largest absolute Gasteiger partial charge is 0.433 e. The number of alkyl halides is 3. The van der Waals surface area contributed by atoms with E-state index < -0.39 is 57.8 Å². The second-order valence-electron chi connectivity index (χ2n) is 8.83. The Bertz CT molecular complexity index is 1630. The molecule has 2 aromatic carbocycles. The highest BCUT2D eigenvalue weighted by atomic mass is 19.4. The molecule has 4 aromatic rings. The van der Waals surface area contributed by atoms with Crippen molar-refractivity contribution < 1.29 is 27.2 Å². The Balaban J connectivity index is 2.15. The van der Waals surface area contributed by atoms with Crippen LogP contribution in [0.3, 0.4) is 0 Å². The first-order valence-electron chi connectivity index (χ1n) is 11.2. The summed E-state index contributed by atoms with van der Waals surface area (Å²) in [6, 6.07) is 10.9. The van der Waals surface area contributed by atoms with Crippen LogP contribution in [0.25, 0.3) is 22.0 Å². The van der Waals surface area contributed by atoms with Crippen molar-refractivity contribution >= 4 is 22.7 Å². The van der Waals surface area contributed by atoms with E-state index in [1.165, 1.54) is 24.3 Å². The number of benzene rings is 2. The maximum Gasteiger partial charge on any atom is 0.433 e. The molecule has 4 N–H and O–H groups in total. The lowest BCUT2D eigenvalue weighted by Gasteiger charge is -2.18. The maximum absolute atomic E-state index is 14.7. The van der Waals surface area contributed by atoms with E-state index in [4.69, 9.17) is 16.7 Å². The molecule has 0 fully saturated rings. The molecule has 0 aliphatic heterocycles. The highest BCUT2D eigenvalue weighted by molar-refractivity contribution is 6.15. The number of pyridine rings is 1. The molecule has 0 atom stereocenters. The van der Waals surface area contributed by atoms with Gasteiger partial charge in [-0.1, -0.05) is 26.0 Å². The standard InChI is InChI=1S/C26H20F4N6O2/c1-12(2)21-20(23(26(28,29)30)36(35-21)11-14-5-3-13(10-31)4-6-14)19-18(24(32)37)16-8-7-15(27)9-17(16)34-22(19)25(33)38/h3-9,12H,11H2,1-2H3,(H2,32,37)(H2,33,38). The third kappa shape index (κ3) is 4.66. The second-order valence-corrected chi connectivity index (χ2v) is 8.83. The van der Waals surface area contributed by atoms with Gasteiger partial charge in [0.05, 0.1) is 35.0 Å². The fourth-order valence-electron chi connectivity index (χ4n) is 4.31. The number of nitrogens with two attached hydrogens (primary N) is 2. The third-order valence-corrected chi connectivity index (χ3v) is 5.89. The van der Waals surface area contributed by atoms with Crippen LogP contribution in [0.1, 0.15) is 63.1 Å². The maximum atomic E-state index is 14.7. The first-order valence-corrected chi connectivity index (χ1v) is 11.2. The van der Waals surface area contributed by atoms with Crippen molar-refractivity contribution in [2.45, 2.75) is 32.5 Å². The Kier molecular flexibility index (Phi) is 6.63. The second kappa shape index (κ2) is 9.59. The Morgan fingerprint density at radius 2 is 1.71 bits per heavy atom. The lowest BCUT2D eigenvalue weighted by Crippen LogP contribution is -2.22. The SMILES string of the molecule is CC(C)c1nn(Cc2ccc(C#N)cc2)c(C(F)(F)F)c1-c1c(C(N)=O)nc2cc(F)ccc2c1C(N)=O. The topological polar surface area (TPSA) is 141 Å². The fraction of sp³-hybridized carbons (Fsp3) is 0.192. The number of fused-ring (bicyclic) bond motifs is 1. The summed E-state index contributed by atoms with van der Waals surface area (Å²) in [5.74, 6) is -3.77. The van der Waals surface area contributed by atoms with E-state index in [1.807, 2.05) is 6.07 Å². The molecule has 2 heterocycles. The van der Waals surface area contributed by atoms with Gasteiger partial charge in [-0.3, -0.25) is 14.3 Å². The van der Waals surface area contributed by atoms with Crippen LogP contribution in [0.5, 0.6) is 0 Å². The summed E-state index contributed by atoms with van der Waals surface area (Å²) in [5, 5.41) is 13.2. The van der Waals surface area contributed by atoms with Gasteiger partial charge in [-0.15, -0.1) is 0 Å². The fourth-order valence-corrected chi connectivity index (χ4v) is 4.31.